The smallest absolute Gasteiger partial charge is 0.147 e. The van der Waals surface area contributed by atoms with Crippen molar-refractivity contribution in [2.75, 3.05) is 12.8 Å². The van der Waals surface area contributed by atoms with Gasteiger partial charge >= 0.3 is 0 Å². The molecule has 5 nitrogen and oxygen atoms in total. The third-order valence-electron chi connectivity index (χ3n) is 4.89. The van der Waals surface area contributed by atoms with Crippen LogP contribution in [-0.2, 0) is 0 Å². The van der Waals surface area contributed by atoms with Crippen molar-refractivity contribution in [3.05, 3.63) is 34.7 Å². The zero-order valence-electron chi connectivity index (χ0n) is 13.8. The number of hydrogen-bond donors (Lipinski definition) is 1. The molecule has 7 heteroatoms. The summed E-state index contributed by atoms with van der Waals surface area (Å²) in [5.41, 5.74) is 8.50. The summed E-state index contributed by atoms with van der Waals surface area (Å²) in [5.74, 6) is 1.10. The first-order valence-electron chi connectivity index (χ1n) is 8.25. The number of nitrogens with two attached hydrogens (primary N) is 1. The summed E-state index contributed by atoms with van der Waals surface area (Å²) in [6.45, 7) is 0. The zero-order chi connectivity index (χ0) is 17.6. The number of hydrogen-bond acceptors (Lipinski definition) is 4. The van der Waals surface area contributed by atoms with Gasteiger partial charge in [-0.05, 0) is 31.0 Å². The van der Waals surface area contributed by atoms with Gasteiger partial charge in [-0.15, -0.1) is 0 Å². The van der Waals surface area contributed by atoms with Gasteiger partial charge in [-0.2, -0.15) is 0 Å². The first-order chi connectivity index (χ1) is 12.1. The summed E-state index contributed by atoms with van der Waals surface area (Å²) in [6.07, 6.45) is 6.03. The van der Waals surface area contributed by atoms with Gasteiger partial charge in [0, 0.05) is 22.2 Å². The molecule has 0 radical (unpaired) electrons. The van der Waals surface area contributed by atoms with Crippen molar-refractivity contribution in [2.45, 2.75) is 31.7 Å². The van der Waals surface area contributed by atoms with Crippen LogP contribution in [0, 0.1) is 0 Å². The van der Waals surface area contributed by atoms with Crippen molar-refractivity contribution >= 4 is 40.1 Å². The highest BCUT2D eigenvalue weighted by atomic mass is 35.5. The number of fused-ring (bicyclic) bond motifs is 1. The topological polar surface area (TPSA) is 66.0 Å². The van der Waals surface area contributed by atoms with Crippen LogP contribution in [0.25, 0.3) is 22.2 Å². The standard InChI is InChI=1S/C18H18Cl2N4O/c1-25-11-6-7-13(19)12(8-11)14-15-17(21)22-9-23-18(15)24(16(14)20)10-4-2-3-5-10/h6-10H,2-5H2,1H3,(H2,21,22,23). The number of ether oxygens (including phenoxy) is 1. The van der Waals surface area contributed by atoms with Gasteiger partial charge in [0.05, 0.1) is 12.5 Å². The lowest BCUT2D eigenvalue weighted by Gasteiger charge is -2.14. The summed E-state index contributed by atoms with van der Waals surface area (Å²) >= 11 is 13.3. The van der Waals surface area contributed by atoms with Crippen molar-refractivity contribution in [1.82, 2.24) is 14.5 Å². The minimum atomic E-state index is 0.322. The van der Waals surface area contributed by atoms with Crippen LogP contribution in [0.1, 0.15) is 31.7 Å². The molecule has 2 heterocycles. The predicted octanol–water partition coefficient (Wildman–Crippen LogP) is 5.11. The minimum absolute atomic E-state index is 0.322. The minimum Gasteiger partial charge on any atom is -0.497 e. The van der Waals surface area contributed by atoms with E-state index in [-0.39, 0.29) is 0 Å². The first-order valence-corrected chi connectivity index (χ1v) is 9.01. The molecule has 0 aliphatic heterocycles. The van der Waals surface area contributed by atoms with E-state index >= 15 is 0 Å². The Labute approximate surface area is 155 Å². The van der Waals surface area contributed by atoms with E-state index in [1.54, 1.807) is 13.2 Å². The summed E-state index contributed by atoms with van der Waals surface area (Å²) in [5, 5.41) is 1.93. The van der Waals surface area contributed by atoms with E-state index in [0.29, 0.717) is 27.8 Å². The number of benzene rings is 1. The average Bonchev–Trinajstić information content (AvgIpc) is 3.22. The van der Waals surface area contributed by atoms with Crippen LogP contribution in [0.5, 0.6) is 5.75 Å². The highest BCUT2D eigenvalue weighted by Crippen LogP contribution is 2.46. The third kappa shape index (κ3) is 2.62. The van der Waals surface area contributed by atoms with E-state index in [0.717, 1.165) is 35.0 Å². The molecule has 1 aliphatic carbocycles. The Hall–Kier alpha value is -1.98. The van der Waals surface area contributed by atoms with Gasteiger partial charge in [-0.25, -0.2) is 9.97 Å². The molecule has 0 amide bonds. The van der Waals surface area contributed by atoms with Gasteiger partial charge in [0.2, 0.25) is 0 Å². The van der Waals surface area contributed by atoms with Crippen LogP contribution in [0.15, 0.2) is 24.5 Å². The second kappa shape index (κ2) is 6.39. The molecule has 0 atom stereocenters. The second-order valence-electron chi connectivity index (χ2n) is 6.28. The Kier molecular flexibility index (Phi) is 4.21. The van der Waals surface area contributed by atoms with Crippen molar-refractivity contribution in [3.8, 4) is 16.9 Å². The molecule has 0 bridgehead atoms. The molecule has 4 rings (SSSR count). The van der Waals surface area contributed by atoms with Crippen molar-refractivity contribution in [1.29, 1.82) is 0 Å². The maximum Gasteiger partial charge on any atom is 0.147 e. The molecule has 130 valence electrons. The van der Waals surface area contributed by atoms with E-state index in [9.17, 15) is 0 Å². The maximum absolute atomic E-state index is 6.85. The summed E-state index contributed by atoms with van der Waals surface area (Å²) in [4.78, 5) is 8.65. The van der Waals surface area contributed by atoms with Crippen molar-refractivity contribution in [2.24, 2.45) is 0 Å². The highest BCUT2D eigenvalue weighted by molar-refractivity contribution is 6.38. The molecule has 1 aliphatic rings. The first kappa shape index (κ1) is 16.5. The molecule has 1 aromatic carbocycles. The molecule has 3 aromatic rings. The molecule has 2 aromatic heterocycles. The van der Waals surface area contributed by atoms with Crippen LogP contribution in [0.4, 0.5) is 5.82 Å². The van der Waals surface area contributed by atoms with E-state index in [1.165, 1.54) is 19.2 Å². The molecule has 0 saturated heterocycles. The van der Waals surface area contributed by atoms with Gasteiger partial charge in [0.1, 0.15) is 28.7 Å². The molecule has 1 fully saturated rings. The molecule has 0 spiro atoms. The summed E-state index contributed by atoms with van der Waals surface area (Å²) in [7, 11) is 1.62. The fourth-order valence-corrected chi connectivity index (χ4v) is 4.32. The number of methoxy groups -OCH3 is 1. The Morgan fingerprint density at radius 1 is 1.20 bits per heavy atom. The van der Waals surface area contributed by atoms with Gasteiger partial charge < -0.3 is 15.0 Å². The number of rotatable bonds is 3. The van der Waals surface area contributed by atoms with E-state index in [4.69, 9.17) is 33.7 Å². The van der Waals surface area contributed by atoms with E-state index < -0.39 is 0 Å². The molecule has 0 unspecified atom stereocenters. The summed E-state index contributed by atoms with van der Waals surface area (Å²) < 4.78 is 7.44. The largest absolute Gasteiger partial charge is 0.497 e. The highest BCUT2D eigenvalue weighted by Gasteiger charge is 2.28. The number of nitrogen functional groups attached to an aromatic ring is 1. The molecule has 1 saturated carbocycles. The Morgan fingerprint density at radius 3 is 2.68 bits per heavy atom. The van der Waals surface area contributed by atoms with E-state index in [2.05, 4.69) is 14.5 Å². The lowest BCUT2D eigenvalue weighted by molar-refractivity contribution is 0.415. The van der Waals surface area contributed by atoms with Gasteiger partial charge in [0.15, 0.2) is 0 Å². The fourth-order valence-electron chi connectivity index (χ4n) is 3.69. The zero-order valence-corrected chi connectivity index (χ0v) is 15.3. The average molecular weight is 377 g/mol. The van der Waals surface area contributed by atoms with E-state index in [1.807, 2.05) is 12.1 Å². The van der Waals surface area contributed by atoms with Crippen LogP contribution >= 0.6 is 23.2 Å². The second-order valence-corrected chi connectivity index (χ2v) is 7.04. The number of halogens is 2. The SMILES string of the molecule is COc1ccc(Cl)c(-c2c(Cl)n(C3CCCC3)c3ncnc(N)c23)c1. The normalized spacial score (nSPS) is 15.2. The molecule has 2 N–H and O–H groups in total. The molecule has 25 heavy (non-hydrogen) atoms. The Morgan fingerprint density at radius 2 is 1.96 bits per heavy atom. The lowest BCUT2D eigenvalue weighted by atomic mass is 10.1. The summed E-state index contributed by atoms with van der Waals surface area (Å²) in [6, 6.07) is 5.80. The quantitative estimate of drug-likeness (QED) is 0.689. The van der Waals surface area contributed by atoms with Gasteiger partial charge in [0.25, 0.3) is 0 Å². The van der Waals surface area contributed by atoms with Crippen LogP contribution in [-0.4, -0.2) is 21.6 Å². The molecular formula is C18H18Cl2N4O. The number of aromatic nitrogens is 3. The number of anilines is 1. The Bertz CT molecular complexity index is 948. The van der Waals surface area contributed by atoms with Gasteiger partial charge in [-0.1, -0.05) is 36.0 Å². The predicted molar refractivity (Wildman–Crippen MR) is 101 cm³/mol. The lowest BCUT2D eigenvalue weighted by Crippen LogP contribution is -2.05. The van der Waals surface area contributed by atoms with Crippen LogP contribution in [0.2, 0.25) is 10.2 Å². The van der Waals surface area contributed by atoms with Crippen molar-refractivity contribution in [3.63, 3.8) is 0 Å². The molecular weight excluding hydrogens is 359 g/mol. The van der Waals surface area contributed by atoms with Crippen LogP contribution < -0.4 is 10.5 Å². The monoisotopic (exact) mass is 376 g/mol. The van der Waals surface area contributed by atoms with Crippen LogP contribution in [0.3, 0.4) is 0 Å². The maximum atomic E-state index is 6.85. The third-order valence-corrected chi connectivity index (χ3v) is 5.59. The Balaban J connectivity index is 2.06. The van der Waals surface area contributed by atoms with Gasteiger partial charge in [-0.3, -0.25) is 0 Å². The number of nitrogens with zero attached hydrogens (tertiary/aromatic N) is 3. The fraction of sp³-hybridized carbons (Fsp3) is 0.333. The van der Waals surface area contributed by atoms with Crippen molar-refractivity contribution < 1.29 is 4.74 Å².